The number of hydrogen-bond donors (Lipinski definition) is 3. The molecule has 0 saturated carbocycles. The van der Waals surface area contributed by atoms with Crippen LogP contribution in [-0.4, -0.2) is 40.0 Å². The molecule has 0 amide bonds. The average molecular weight is 508 g/mol. The molecular weight excluding hydrogens is 483 g/mol. The number of benzene rings is 2. The minimum absolute atomic E-state index is 0. The fraction of sp³-hybridized carbons (Fsp3) is 0.250. The topological polar surface area (TPSA) is 78.0 Å². The van der Waals surface area contributed by atoms with E-state index < -0.39 is 0 Å². The van der Waals surface area contributed by atoms with Gasteiger partial charge in [0.1, 0.15) is 6.33 Å². The fourth-order valence-electron chi connectivity index (χ4n) is 2.59. The molecule has 6 nitrogen and oxygen atoms in total. The zero-order valence-corrected chi connectivity index (χ0v) is 19.1. The fourth-order valence-corrected chi connectivity index (χ4v) is 3.54. The lowest BCUT2D eigenvalue weighted by Crippen LogP contribution is -2.39. The van der Waals surface area contributed by atoms with Gasteiger partial charge in [0.05, 0.1) is 0 Å². The quantitative estimate of drug-likeness (QED) is 0.195. The van der Waals surface area contributed by atoms with Gasteiger partial charge in [0, 0.05) is 35.8 Å². The van der Waals surface area contributed by atoms with Crippen molar-refractivity contribution in [1.29, 1.82) is 0 Å². The summed E-state index contributed by atoms with van der Waals surface area (Å²) >= 11 is 1.85. The molecule has 0 bridgehead atoms. The van der Waals surface area contributed by atoms with Crippen molar-refractivity contribution in [2.75, 3.05) is 13.6 Å². The van der Waals surface area contributed by atoms with Crippen molar-refractivity contribution in [1.82, 2.24) is 25.8 Å². The smallest absolute Gasteiger partial charge is 0.191 e. The van der Waals surface area contributed by atoms with E-state index in [9.17, 15) is 0 Å². The van der Waals surface area contributed by atoms with E-state index >= 15 is 0 Å². The molecule has 148 valence electrons. The third-order valence-electron chi connectivity index (χ3n) is 3.94. The molecule has 8 heteroatoms. The Balaban J connectivity index is 0.00000280. The van der Waals surface area contributed by atoms with Crippen LogP contribution in [0.2, 0.25) is 0 Å². The van der Waals surface area contributed by atoms with Gasteiger partial charge in [-0.1, -0.05) is 43.3 Å². The van der Waals surface area contributed by atoms with Gasteiger partial charge in [-0.2, -0.15) is 5.10 Å². The van der Waals surface area contributed by atoms with Crippen LogP contribution in [0, 0.1) is 0 Å². The van der Waals surface area contributed by atoms with Crippen LogP contribution in [-0.2, 0) is 6.54 Å². The van der Waals surface area contributed by atoms with Crippen LogP contribution < -0.4 is 10.6 Å². The Bertz CT molecular complexity index is 854. The van der Waals surface area contributed by atoms with Crippen molar-refractivity contribution in [2.24, 2.45) is 4.99 Å². The Morgan fingerprint density at radius 2 is 1.96 bits per heavy atom. The first kappa shape index (κ1) is 22.2. The lowest BCUT2D eigenvalue weighted by atomic mass is 10.1. The summed E-state index contributed by atoms with van der Waals surface area (Å²) in [5, 5.41) is 14.0. The van der Waals surface area contributed by atoms with Gasteiger partial charge in [-0.05, 0) is 23.8 Å². The third-order valence-corrected chi connectivity index (χ3v) is 5.05. The second-order valence-corrected chi connectivity index (χ2v) is 7.59. The second-order valence-electron chi connectivity index (χ2n) is 6.08. The molecule has 3 rings (SSSR count). The number of rotatable bonds is 7. The molecule has 0 aliphatic carbocycles. The van der Waals surface area contributed by atoms with Gasteiger partial charge in [0.15, 0.2) is 11.8 Å². The number of aliphatic imine (C=N–C) groups is 1. The van der Waals surface area contributed by atoms with Crippen molar-refractivity contribution in [2.45, 2.75) is 23.6 Å². The molecule has 0 fully saturated rings. The Hall–Kier alpha value is -2.07. The van der Waals surface area contributed by atoms with Crippen LogP contribution in [0.5, 0.6) is 0 Å². The molecule has 3 N–H and O–H groups in total. The molecule has 0 aliphatic rings. The Morgan fingerprint density at radius 1 is 1.14 bits per heavy atom. The molecule has 0 saturated heterocycles. The first-order valence-electron chi connectivity index (χ1n) is 8.85. The molecule has 0 aliphatic heterocycles. The Kier molecular flexibility index (Phi) is 9.29. The van der Waals surface area contributed by atoms with Gasteiger partial charge in [-0.3, -0.25) is 10.1 Å². The zero-order valence-electron chi connectivity index (χ0n) is 15.9. The summed E-state index contributed by atoms with van der Waals surface area (Å²) < 4.78 is 0. The molecule has 0 spiro atoms. The highest BCUT2D eigenvalue weighted by atomic mass is 127. The van der Waals surface area contributed by atoms with E-state index in [1.165, 1.54) is 11.2 Å². The monoisotopic (exact) mass is 508 g/mol. The normalized spacial score (nSPS) is 12.1. The molecule has 3 aromatic rings. The Morgan fingerprint density at radius 3 is 2.68 bits per heavy atom. The van der Waals surface area contributed by atoms with Gasteiger partial charge >= 0.3 is 0 Å². The lowest BCUT2D eigenvalue weighted by molar-refractivity contribution is 0.790. The van der Waals surface area contributed by atoms with E-state index in [1.807, 2.05) is 30.0 Å². The highest BCUT2D eigenvalue weighted by molar-refractivity contribution is 14.0. The molecule has 28 heavy (non-hydrogen) atoms. The number of aromatic nitrogens is 3. The Labute approximate surface area is 187 Å². The van der Waals surface area contributed by atoms with Crippen LogP contribution >= 0.6 is 35.7 Å². The van der Waals surface area contributed by atoms with Crippen molar-refractivity contribution in [3.05, 3.63) is 66.5 Å². The van der Waals surface area contributed by atoms with E-state index in [1.54, 1.807) is 7.05 Å². The molecule has 1 aromatic heterocycles. The maximum atomic E-state index is 4.31. The van der Waals surface area contributed by atoms with E-state index in [2.05, 4.69) is 74.1 Å². The second kappa shape index (κ2) is 11.7. The van der Waals surface area contributed by atoms with Crippen LogP contribution in [0.3, 0.4) is 0 Å². The van der Waals surface area contributed by atoms with E-state index in [4.69, 9.17) is 0 Å². The summed E-state index contributed by atoms with van der Waals surface area (Å²) in [6.07, 6.45) is 1.51. The first-order chi connectivity index (χ1) is 13.2. The summed E-state index contributed by atoms with van der Waals surface area (Å²) in [7, 11) is 1.79. The number of hydrogen-bond acceptors (Lipinski definition) is 4. The number of aromatic amines is 1. The molecule has 0 radical (unpaired) electrons. The minimum atomic E-state index is 0. The standard InChI is InChI=1S/C20H24N6S.HI/c1-15(27-18-9-4-3-5-10-18)12-22-20(21-2)23-13-16-7-6-8-17(11-16)19-24-14-25-26-19;/h3-11,14-15H,12-13H2,1-2H3,(H2,21,22,23)(H,24,25,26);1H. The maximum absolute atomic E-state index is 4.31. The van der Waals surface area contributed by atoms with Crippen LogP contribution in [0.25, 0.3) is 11.4 Å². The molecule has 1 heterocycles. The number of guanidine groups is 1. The van der Waals surface area contributed by atoms with Crippen LogP contribution in [0.4, 0.5) is 0 Å². The first-order valence-corrected chi connectivity index (χ1v) is 9.73. The van der Waals surface area contributed by atoms with Gasteiger partial charge in [-0.25, -0.2) is 4.98 Å². The van der Waals surface area contributed by atoms with Crippen molar-refractivity contribution in [3.63, 3.8) is 0 Å². The maximum Gasteiger partial charge on any atom is 0.191 e. The summed E-state index contributed by atoms with van der Waals surface area (Å²) in [5.74, 6) is 1.56. The van der Waals surface area contributed by atoms with Gasteiger partial charge in [-0.15, -0.1) is 35.7 Å². The van der Waals surface area contributed by atoms with Gasteiger partial charge in [0.25, 0.3) is 0 Å². The SMILES string of the molecule is CN=C(NCc1cccc(-c2ncn[nH]2)c1)NCC(C)Sc1ccccc1.I. The number of thioether (sulfide) groups is 1. The van der Waals surface area contributed by atoms with E-state index in [0.29, 0.717) is 11.8 Å². The predicted octanol–water partition coefficient (Wildman–Crippen LogP) is 3.94. The van der Waals surface area contributed by atoms with Crippen molar-refractivity contribution in [3.8, 4) is 11.4 Å². The van der Waals surface area contributed by atoms with E-state index in [0.717, 1.165) is 29.5 Å². The number of nitrogens with one attached hydrogen (secondary N) is 3. The molecule has 2 aromatic carbocycles. The summed E-state index contributed by atoms with van der Waals surface area (Å²) in [4.78, 5) is 9.78. The van der Waals surface area contributed by atoms with Gasteiger partial charge in [0.2, 0.25) is 0 Å². The molecule has 1 unspecified atom stereocenters. The lowest BCUT2D eigenvalue weighted by Gasteiger charge is -2.16. The van der Waals surface area contributed by atoms with Crippen molar-refractivity contribution >= 4 is 41.7 Å². The highest BCUT2D eigenvalue weighted by Gasteiger charge is 2.07. The average Bonchev–Trinajstić information content (AvgIpc) is 3.24. The van der Waals surface area contributed by atoms with Crippen LogP contribution in [0.15, 0.2) is 70.8 Å². The number of halogens is 1. The summed E-state index contributed by atoms with van der Waals surface area (Å²) in [6, 6.07) is 18.6. The van der Waals surface area contributed by atoms with Gasteiger partial charge < -0.3 is 10.6 Å². The summed E-state index contributed by atoms with van der Waals surface area (Å²) in [5.41, 5.74) is 2.17. The zero-order chi connectivity index (χ0) is 18.9. The largest absolute Gasteiger partial charge is 0.355 e. The number of nitrogens with zero attached hydrogens (tertiary/aromatic N) is 3. The predicted molar refractivity (Wildman–Crippen MR) is 127 cm³/mol. The summed E-state index contributed by atoms with van der Waals surface area (Å²) in [6.45, 7) is 3.72. The molecular formula is C20H25IN6S. The van der Waals surface area contributed by atoms with Crippen molar-refractivity contribution < 1.29 is 0 Å². The van der Waals surface area contributed by atoms with Crippen LogP contribution in [0.1, 0.15) is 12.5 Å². The minimum Gasteiger partial charge on any atom is -0.355 e. The highest BCUT2D eigenvalue weighted by Crippen LogP contribution is 2.21. The third kappa shape index (κ3) is 6.83. The molecule has 1 atom stereocenters. The van der Waals surface area contributed by atoms with E-state index in [-0.39, 0.29) is 24.0 Å². The number of H-pyrrole nitrogens is 1.